The first kappa shape index (κ1) is 15.8. The van der Waals surface area contributed by atoms with E-state index < -0.39 is 0 Å². The van der Waals surface area contributed by atoms with Gasteiger partial charge in [-0.1, -0.05) is 12.1 Å². The summed E-state index contributed by atoms with van der Waals surface area (Å²) < 4.78 is 7.34. The van der Waals surface area contributed by atoms with E-state index in [0.717, 1.165) is 30.5 Å². The van der Waals surface area contributed by atoms with Crippen LogP contribution in [-0.2, 0) is 16.1 Å². The molecule has 0 bridgehead atoms. The van der Waals surface area contributed by atoms with Crippen molar-refractivity contribution in [3.05, 3.63) is 24.3 Å². The van der Waals surface area contributed by atoms with Crippen molar-refractivity contribution >= 4 is 22.9 Å². The van der Waals surface area contributed by atoms with Gasteiger partial charge in [0.1, 0.15) is 6.54 Å². The fourth-order valence-electron chi connectivity index (χ4n) is 2.77. The Labute approximate surface area is 134 Å². The smallest absolute Gasteiger partial charge is 0.240 e. The molecular formula is C16H22N4O3. The Morgan fingerprint density at radius 1 is 1.43 bits per heavy atom. The van der Waals surface area contributed by atoms with Gasteiger partial charge >= 0.3 is 0 Å². The minimum Gasteiger partial charge on any atom is -0.395 e. The number of hydrogen-bond donors (Lipinski definition) is 3. The van der Waals surface area contributed by atoms with Crippen molar-refractivity contribution in [2.45, 2.75) is 25.5 Å². The number of imidazole rings is 1. The van der Waals surface area contributed by atoms with E-state index in [0.29, 0.717) is 19.0 Å². The number of hydrogen-bond acceptors (Lipinski definition) is 5. The topological polar surface area (TPSA) is 88.4 Å². The van der Waals surface area contributed by atoms with Gasteiger partial charge in [-0.15, -0.1) is 0 Å². The Morgan fingerprint density at radius 2 is 2.30 bits per heavy atom. The van der Waals surface area contributed by atoms with E-state index in [1.54, 1.807) is 0 Å². The quantitative estimate of drug-likeness (QED) is 0.701. The summed E-state index contributed by atoms with van der Waals surface area (Å²) in [6, 6.07) is 7.66. The number of aromatic nitrogens is 2. The predicted molar refractivity (Wildman–Crippen MR) is 87.3 cm³/mol. The van der Waals surface area contributed by atoms with Gasteiger partial charge < -0.3 is 25.0 Å². The number of nitrogens with one attached hydrogen (secondary N) is 2. The molecule has 1 aliphatic heterocycles. The molecule has 23 heavy (non-hydrogen) atoms. The number of ether oxygens (including phenoxy) is 1. The summed E-state index contributed by atoms with van der Waals surface area (Å²) >= 11 is 0. The van der Waals surface area contributed by atoms with E-state index in [4.69, 9.17) is 9.84 Å². The normalized spacial score (nSPS) is 17.5. The molecule has 1 aliphatic rings. The third kappa shape index (κ3) is 3.80. The Morgan fingerprint density at radius 3 is 3.09 bits per heavy atom. The number of aliphatic hydroxyl groups is 1. The molecule has 1 aromatic heterocycles. The third-order valence-electron chi connectivity index (χ3n) is 3.90. The van der Waals surface area contributed by atoms with Crippen LogP contribution in [0.2, 0.25) is 0 Å². The minimum atomic E-state index is -0.0734. The summed E-state index contributed by atoms with van der Waals surface area (Å²) in [6.07, 6.45) is 2.19. The molecule has 124 valence electrons. The second-order valence-corrected chi connectivity index (χ2v) is 5.60. The number of carbonyl (C=O) groups is 1. The van der Waals surface area contributed by atoms with Crippen molar-refractivity contribution in [1.29, 1.82) is 0 Å². The molecule has 2 aromatic rings. The Kier molecular flexibility index (Phi) is 5.09. The lowest BCUT2D eigenvalue weighted by Crippen LogP contribution is -2.34. The molecule has 0 unspecified atom stereocenters. The Balaban J connectivity index is 1.70. The van der Waals surface area contributed by atoms with Crippen LogP contribution in [0.4, 0.5) is 5.95 Å². The predicted octanol–water partition coefficient (Wildman–Crippen LogP) is 0.736. The van der Waals surface area contributed by atoms with Gasteiger partial charge in [-0.25, -0.2) is 4.98 Å². The monoisotopic (exact) mass is 318 g/mol. The summed E-state index contributed by atoms with van der Waals surface area (Å²) in [5, 5.41) is 15.0. The number of rotatable bonds is 7. The molecule has 0 aliphatic carbocycles. The van der Waals surface area contributed by atoms with Crippen molar-refractivity contribution in [1.82, 2.24) is 14.9 Å². The fraction of sp³-hybridized carbons (Fsp3) is 0.500. The molecule has 0 spiro atoms. The second-order valence-electron chi connectivity index (χ2n) is 5.60. The highest BCUT2D eigenvalue weighted by Gasteiger charge is 2.17. The highest BCUT2D eigenvalue weighted by Crippen LogP contribution is 2.19. The number of carbonyl (C=O) groups excluding carboxylic acids is 1. The first-order valence-corrected chi connectivity index (χ1v) is 7.96. The first-order chi connectivity index (χ1) is 11.3. The van der Waals surface area contributed by atoms with Gasteiger partial charge in [-0.2, -0.15) is 0 Å². The summed E-state index contributed by atoms with van der Waals surface area (Å²) in [5.74, 6) is 0.517. The molecule has 1 amide bonds. The zero-order valence-corrected chi connectivity index (χ0v) is 13.0. The maximum absolute atomic E-state index is 12.2. The summed E-state index contributed by atoms with van der Waals surface area (Å²) in [5.41, 5.74) is 1.71. The van der Waals surface area contributed by atoms with E-state index in [1.807, 2.05) is 28.8 Å². The number of anilines is 1. The van der Waals surface area contributed by atoms with Gasteiger partial charge in [0.15, 0.2) is 0 Å². The third-order valence-corrected chi connectivity index (χ3v) is 3.90. The molecule has 0 saturated carbocycles. The van der Waals surface area contributed by atoms with Gasteiger partial charge in [-0.3, -0.25) is 4.79 Å². The fourth-order valence-corrected chi connectivity index (χ4v) is 2.77. The molecule has 1 saturated heterocycles. The highest BCUT2D eigenvalue weighted by atomic mass is 16.5. The lowest BCUT2D eigenvalue weighted by Gasteiger charge is -2.13. The highest BCUT2D eigenvalue weighted by molar-refractivity contribution is 5.83. The molecule has 0 radical (unpaired) electrons. The maximum atomic E-state index is 12.2. The van der Waals surface area contributed by atoms with Crippen LogP contribution >= 0.6 is 0 Å². The number of amides is 1. The molecular weight excluding hydrogens is 296 g/mol. The van der Waals surface area contributed by atoms with Crippen LogP contribution < -0.4 is 10.6 Å². The van der Waals surface area contributed by atoms with Gasteiger partial charge in [0.2, 0.25) is 11.9 Å². The van der Waals surface area contributed by atoms with Gasteiger partial charge in [0.25, 0.3) is 0 Å². The molecule has 1 atom stereocenters. The Hall–Kier alpha value is -2.12. The van der Waals surface area contributed by atoms with Crippen molar-refractivity contribution in [3.63, 3.8) is 0 Å². The SMILES string of the molecule is O=C(Cn1c(NCCO)nc2ccccc21)NC[C@H]1CCCO1. The van der Waals surface area contributed by atoms with Crippen molar-refractivity contribution in [3.8, 4) is 0 Å². The number of para-hydroxylation sites is 2. The summed E-state index contributed by atoms with van der Waals surface area (Å²) in [7, 11) is 0. The number of nitrogens with zero attached hydrogens (tertiary/aromatic N) is 2. The molecule has 7 nitrogen and oxygen atoms in total. The standard InChI is InChI=1S/C16H22N4O3/c21-8-7-17-16-19-13-5-1-2-6-14(13)20(16)11-15(22)18-10-12-4-3-9-23-12/h1-2,5-6,12,21H,3-4,7-11H2,(H,17,19)(H,18,22)/t12-/m1/s1. The molecule has 1 fully saturated rings. The van der Waals surface area contributed by atoms with Crippen molar-refractivity contribution in [2.24, 2.45) is 0 Å². The largest absolute Gasteiger partial charge is 0.395 e. The van der Waals surface area contributed by atoms with E-state index in [2.05, 4.69) is 15.6 Å². The van der Waals surface area contributed by atoms with E-state index in [1.165, 1.54) is 0 Å². The van der Waals surface area contributed by atoms with Crippen LogP contribution in [0.25, 0.3) is 11.0 Å². The van der Waals surface area contributed by atoms with Crippen LogP contribution in [0, 0.1) is 0 Å². The molecule has 2 heterocycles. The average Bonchev–Trinajstić information content (AvgIpc) is 3.19. The Bertz CT molecular complexity index is 664. The zero-order valence-electron chi connectivity index (χ0n) is 13.0. The number of aliphatic hydroxyl groups excluding tert-OH is 1. The summed E-state index contributed by atoms with van der Waals surface area (Å²) in [4.78, 5) is 16.7. The number of fused-ring (bicyclic) bond motifs is 1. The van der Waals surface area contributed by atoms with Crippen LogP contribution in [0.15, 0.2) is 24.3 Å². The van der Waals surface area contributed by atoms with Crippen molar-refractivity contribution < 1.29 is 14.6 Å². The van der Waals surface area contributed by atoms with Gasteiger partial charge in [-0.05, 0) is 25.0 Å². The lowest BCUT2D eigenvalue weighted by molar-refractivity contribution is -0.122. The second kappa shape index (κ2) is 7.43. The average molecular weight is 318 g/mol. The molecule has 7 heteroatoms. The van der Waals surface area contributed by atoms with Crippen LogP contribution in [0.5, 0.6) is 0 Å². The van der Waals surface area contributed by atoms with E-state index in [-0.39, 0.29) is 25.2 Å². The van der Waals surface area contributed by atoms with E-state index in [9.17, 15) is 4.79 Å². The first-order valence-electron chi connectivity index (χ1n) is 7.96. The van der Waals surface area contributed by atoms with Gasteiger partial charge in [0, 0.05) is 19.7 Å². The van der Waals surface area contributed by atoms with Crippen LogP contribution in [0.3, 0.4) is 0 Å². The van der Waals surface area contributed by atoms with Gasteiger partial charge in [0.05, 0.1) is 23.7 Å². The molecule has 3 N–H and O–H groups in total. The minimum absolute atomic E-state index is 0.00835. The molecule has 1 aromatic carbocycles. The van der Waals surface area contributed by atoms with E-state index >= 15 is 0 Å². The van der Waals surface area contributed by atoms with Crippen molar-refractivity contribution in [2.75, 3.05) is 31.6 Å². The zero-order chi connectivity index (χ0) is 16.1. The summed E-state index contributed by atoms with van der Waals surface area (Å²) in [6.45, 7) is 1.91. The number of benzene rings is 1. The van der Waals surface area contributed by atoms with Crippen LogP contribution in [0.1, 0.15) is 12.8 Å². The molecule has 3 rings (SSSR count). The lowest BCUT2D eigenvalue weighted by atomic mass is 10.2. The van der Waals surface area contributed by atoms with Crippen LogP contribution in [-0.4, -0.2) is 53.0 Å². The maximum Gasteiger partial charge on any atom is 0.240 e.